The van der Waals surface area contributed by atoms with E-state index in [0.29, 0.717) is 23.2 Å². The lowest BCUT2D eigenvalue weighted by Gasteiger charge is -2.21. The third-order valence-electron chi connectivity index (χ3n) is 5.50. The van der Waals surface area contributed by atoms with Gasteiger partial charge in [-0.05, 0) is 55.7 Å². The van der Waals surface area contributed by atoms with E-state index in [0.717, 1.165) is 37.4 Å². The van der Waals surface area contributed by atoms with Crippen molar-refractivity contribution in [2.75, 3.05) is 6.54 Å². The number of aromatic carboxylic acids is 1. The van der Waals surface area contributed by atoms with Gasteiger partial charge in [0.05, 0.1) is 5.52 Å². The molecule has 3 N–H and O–H groups in total. The van der Waals surface area contributed by atoms with E-state index in [1.165, 1.54) is 10.5 Å². The quantitative estimate of drug-likeness (QED) is 0.901. The highest BCUT2D eigenvalue weighted by atomic mass is 19.1. The predicted molar refractivity (Wildman–Crippen MR) is 87.3 cm³/mol. The maximum Gasteiger partial charge on any atom is 0.341 e. The third kappa shape index (κ3) is 2.02. The Bertz CT molecular complexity index is 940. The molecule has 0 bridgehead atoms. The Hall–Kier alpha value is -2.21. The first kappa shape index (κ1) is 15.3. The standard InChI is InChI=1S/C18H19FN2O3/c1-9-14(18(8-20)4-5-18)13(19)7-21-15(9)11(10-2-3-10)6-12(16(21)22)17(23)24/h6-7,10H,2-5,8,20H2,1H3,(H,23,24). The maximum absolute atomic E-state index is 14.8. The molecule has 0 atom stereocenters. The van der Waals surface area contributed by atoms with E-state index in [1.54, 1.807) is 0 Å². The monoisotopic (exact) mass is 330 g/mol. The number of carboxylic acids is 1. The first-order valence-corrected chi connectivity index (χ1v) is 8.22. The normalized spacial score (nSPS) is 18.8. The van der Waals surface area contributed by atoms with Gasteiger partial charge in [0.15, 0.2) is 0 Å². The van der Waals surface area contributed by atoms with Crippen molar-refractivity contribution >= 4 is 11.5 Å². The summed E-state index contributed by atoms with van der Waals surface area (Å²) in [5, 5.41) is 9.30. The third-order valence-corrected chi connectivity index (χ3v) is 5.50. The van der Waals surface area contributed by atoms with Crippen LogP contribution in [0.5, 0.6) is 0 Å². The van der Waals surface area contributed by atoms with Crippen molar-refractivity contribution in [3.05, 3.63) is 50.7 Å². The highest BCUT2D eigenvalue weighted by molar-refractivity contribution is 5.88. The molecule has 0 saturated heterocycles. The lowest BCUT2D eigenvalue weighted by molar-refractivity contribution is 0.0694. The van der Waals surface area contributed by atoms with Gasteiger partial charge in [0.25, 0.3) is 5.56 Å². The van der Waals surface area contributed by atoms with Crippen molar-refractivity contribution in [1.29, 1.82) is 0 Å². The van der Waals surface area contributed by atoms with Gasteiger partial charge in [-0.3, -0.25) is 9.20 Å². The molecule has 2 aliphatic rings. The summed E-state index contributed by atoms with van der Waals surface area (Å²) in [6.07, 6.45) is 4.75. The van der Waals surface area contributed by atoms with Crippen LogP contribution in [-0.4, -0.2) is 22.0 Å². The van der Waals surface area contributed by atoms with Gasteiger partial charge in [-0.1, -0.05) is 0 Å². The Morgan fingerprint density at radius 3 is 2.62 bits per heavy atom. The van der Waals surface area contributed by atoms with Crippen LogP contribution in [0.2, 0.25) is 0 Å². The summed E-state index contributed by atoms with van der Waals surface area (Å²) in [4.78, 5) is 23.9. The molecule has 0 spiro atoms. The first-order chi connectivity index (χ1) is 11.4. The Balaban J connectivity index is 2.12. The van der Waals surface area contributed by atoms with Crippen LogP contribution >= 0.6 is 0 Å². The van der Waals surface area contributed by atoms with Crippen LogP contribution in [0.1, 0.15) is 58.6 Å². The molecule has 6 heteroatoms. The van der Waals surface area contributed by atoms with Crippen molar-refractivity contribution in [2.24, 2.45) is 5.73 Å². The number of carbonyl (C=O) groups is 1. The predicted octanol–water partition coefficient (Wildman–Crippen LogP) is 2.31. The molecule has 2 aromatic rings. The molecule has 0 amide bonds. The molecule has 2 saturated carbocycles. The number of rotatable bonds is 4. The highest BCUT2D eigenvalue weighted by Gasteiger charge is 2.46. The summed E-state index contributed by atoms with van der Waals surface area (Å²) < 4.78 is 16.0. The zero-order chi connectivity index (χ0) is 17.2. The van der Waals surface area contributed by atoms with Crippen LogP contribution in [-0.2, 0) is 5.41 Å². The fraction of sp³-hybridized carbons (Fsp3) is 0.444. The Morgan fingerprint density at radius 1 is 1.46 bits per heavy atom. The lowest BCUT2D eigenvalue weighted by atomic mass is 9.90. The summed E-state index contributed by atoms with van der Waals surface area (Å²) in [5.41, 5.74) is 7.34. The maximum atomic E-state index is 14.8. The Labute approximate surface area is 137 Å². The largest absolute Gasteiger partial charge is 0.477 e. The summed E-state index contributed by atoms with van der Waals surface area (Å²) in [5.74, 6) is -1.52. The van der Waals surface area contributed by atoms with Gasteiger partial charge in [-0.15, -0.1) is 0 Å². The van der Waals surface area contributed by atoms with E-state index in [9.17, 15) is 19.1 Å². The van der Waals surface area contributed by atoms with Crippen molar-refractivity contribution in [1.82, 2.24) is 4.40 Å². The van der Waals surface area contributed by atoms with Crippen molar-refractivity contribution < 1.29 is 14.3 Å². The summed E-state index contributed by atoms with van der Waals surface area (Å²) >= 11 is 0. The molecule has 2 aromatic heterocycles. The molecule has 126 valence electrons. The number of pyridine rings is 2. The fourth-order valence-corrected chi connectivity index (χ4v) is 3.87. The average molecular weight is 330 g/mol. The molecular formula is C18H19FN2O3. The summed E-state index contributed by atoms with van der Waals surface area (Å²) in [6.45, 7) is 2.19. The van der Waals surface area contributed by atoms with Crippen molar-refractivity contribution in [2.45, 2.75) is 43.9 Å². The number of nitrogens with zero attached hydrogens (tertiary/aromatic N) is 1. The minimum atomic E-state index is -1.28. The van der Waals surface area contributed by atoms with E-state index in [1.807, 2.05) is 6.92 Å². The number of nitrogens with two attached hydrogens (primary N) is 1. The molecular weight excluding hydrogens is 311 g/mol. The molecule has 4 rings (SSSR count). The number of aromatic nitrogens is 1. The zero-order valence-corrected chi connectivity index (χ0v) is 13.4. The number of hydrogen-bond acceptors (Lipinski definition) is 3. The number of fused-ring (bicyclic) bond motifs is 1. The molecule has 2 aliphatic carbocycles. The van der Waals surface area contributed by atoms with E-state index < -0.39 is 17.3 Å². The minimum Gasteiger partial charge on any atom is -0.477 e. The van der Waals surface area contributed by atoms with Gasteiger partial charge >= 0.3 is 5.97 Å². The number of hydrogen-bond donors (Lipinski definition) is 2. The Kier molecular flexibility index (Phi) is 3.12. The van der Waals surface area contributed by atoms with Crippen LogP contribution in [0, 0.1) is 12.7 Å². The van der Waals surface area contributed by atoms with E-state index in [4.69, 9.17) is 5.73 Å². The molecule has 0 radical (unpaired) electrons. The van der Waals surface area contributed by atoms with Crippen molar-refractivity contribution in [3.63, 3.8) is 0 Å². The summed E-state index contributed by atoms with van der Waals surface area (Å²) in [7, 11) is 0. The molecule has 0 unspecified atom stereocenters. The lowest BCUT2D eigenvalue weighted by Crippen LogP contribution is -2.27. The minimum absolute atomic E-state index is 0.240. The fourth-order valence-electron chi connectivity index (χ4n) is 3.87. The van der Waals surface area contributed by atoms with Gasteiger partial charge in [-0.2, -0.15) is 0 Å². The smallest absolute Gasteiger partial charge is 0.341 e. The van der Waals surface area contributed by atoms with Gasteiger partial charge in [0.2, 0.25) is 0 Å². The topological polar surface area (TPSA) is 84.8 Å². The second kappa shape index (κ2) is 4.89. The van der Waals surface area contributed by atoms with Crippen molar-refractivity contribution in [3.8, 4) is 0 Å². The molecule has 0 aliphatic heterocycles. The van der Waals surface area contributed by atoms with E-state index >= 15 is 0 Å². The molecule has 5 nitrogen and oxygen atoms in total. The summed E-state index contributed by atoms with van der Waals surface area (Å²) in [6, 6.07) is 1.48. The molecule has 0 aromatic carbocycles. The molecule has 24 heavy (non-hydrogen) atoms. The van der Waals surface area contributed by atoms with Gasteiger partial charge < -0.3 is 10.8 Å². The molecule has 2 fully saturated rings. The van der Waals surface area contributed by atoms with Crippen LogP contribution in [0.4, 0.5) is 4.39 Å². The second-order valence-corrected chi connectivity index (χ2v) is 7.08. The van der Waals surface area contributed by atoms with Crippen LogP contribution in [0.25, 0.3) is 5.52 Å². The van der Waals surface area contributed by atoms with Crippen LogP contribution < -0.4 is 11.3 Å². The van der Waals surface area contributed by atoms with Gasteiger partial charge in [0.1, 0.15) is 11.4 Å². The Morgan fingerprint density at radius 2 is 2.12 bits per heavy atom. The number of carboxylic acid groups (broad SMARTS) is 1. The number of halogens is 1. The van der Waals surface area contributed by atoms with E-state index in [2.05, 4.69) is 0 Å². The highest BCUT2D eigenvalue weighted by Crippen LogP contribution is 2.51. The van der Waals surface area contributed by atoms with Gasteiger partial charge in [0, 0.05) is 23.7 Å². The zero-order valence-electron chi connectivity index (χ0n) is 13.4. The van der Waals surface area contributed by atoms with E-state index in [-0.39, 0.29) is 16.9 Å². The average Bonchev–Trinajstić information content (AvgIpc) is 3.42. The van der Waals surface area contributed by atoms with Gasteiger partial charge in [-0.25, -0.2) is 9.18 Å². The van der Waals surface area contributed by atoms with Crippen LogP contribution in [0.15, 0.2) is 17.1 Å². The molecule has 2 heterocycles. The SMILES string of the molecule is Cc1c(C2(CN)CC2)c(F)cn2c(=O)c(C(=O)O)cc(C3CC3)c12. The first-order valence-electron chi connectivity index (χ1n) is 8.22. The van der Waals surface area contributed by atoms with Crippen LogP contribution in [0.3, 0.4) is 0 Å². The number of aryl methyl sites for hydroxylation is 1. The second-order valence-electron chi connectivity index (χ2n) is 7.08.